The molecular weight excluding hydrogens is 210 g/mol. The van der Waals surface area contributed by atoms with Gasteiger partial charge in [-0.3, -0.25) is 4.57 Å². The van der Waals surface area contributed by atoms with Crippen molar-refractivity contribution in [3.05, 3.63) is 10.6 Å². The van der Waals surface area contributed by atoms with E-state index in [9.17, 15) is 0 Å². The van der Waals surface area contributed by atoms with E-state index in [2.05, 4.69) is 26.1 Å². The van der Waals surface area contributed by atoms with Gasteiger partial charge in [-0.25, -0.2) is 0 Å². The number of hydrogen-bond acceptors (Lipinski definition) is 3. The molecule has 0 spiro atoms. The fourth-order valence-corrected chi connectivity index (χ4v) is 1.76. The summed E-state index contributed by atoms with van der Waals surface area (Å²) in [5.74, 6) is 0.935. The van der Waals surface area contributed by atoms with Crippen LogP contribution in [0.1, 0.15) is 11.9 Å². The SMILES string of the molecule is Cc1nnc(Br)n1C1COC1. The van der Waals surface area contributed by atoms with E-state index >= 15 is 0 Å². The van der Waals surface area contributed by atoms with Gasteiger partial charge in [-0.15, -0.1) is 10.2 Å². The first-order chi connectivity index (χ1) is 5.29. The van der Waals surface area contributed by atoms with Gasteiger partial charge in [0.2, 0.25) is 4.73 Å². The quantitative estimate of drug-likeness (QED) is 0.703. The molecule has 0 N–H and O–H groups in total. The summed E-state index contributed by atoms with van der Waals surface area (Å²) in [6.07, 6.45) is 0. The highest BCUT2D eigenvalue weighted by Crippen LogP contribution is 2.22. The maximum atomic E-state index is 5.07. The summed E-state index contributed by atoms with van der Waals surface area (Å²) in [5, 5.41) is 7.82. The molecule has 0 bridgehead atoms. The van der Waals surface area contributed by atoms with Crippen LogP contribution in [0.15, 0.2) is 4.73 Å². The zero-order chi connectivity index (χ0) is 7.84. The average Bonchev–Trinajstić information content (AvgIpc) is 2.15. The molecule has 11 heavy (non-hydrogen) atoms. The van der Waals surface area contributed by atoms with Crippen molar-refractivity contribution in [1.82, 2.24) is 14.8 Å². The minimum Gasteiger partial charge on any atom is -0.377 e. The predicted octanol–water partition coefficient (Wildman–Crippen LogP) is 0.920. The van der Waals surface area contributed by atoms with E-state index in [1.165, 1.54) is 0 Å². The minimum absolute atomic E-state index is 0.430. The molecular formula is C6H8BrN3O. The molecule has 0 radical (unpaired) electrons. The Hall–Kier alpha value is -0.420. The molecule has 0 amide bonds. The summed E-state index contributed by atoms with van der Waals surface area (Å²) in [5.41, 5.74) is 0. The molecule has 60 valence electrons. The summed E-state index contributed by atoms with van der Waals surface area (Å²) in [7, 11) is 0. The van der Waals surface area contributed by atoms with Gasteiger partial charge in [-0.1, -0.05) is 0 Å². The Morgan fingerprint density at radius 2 is 2.27 bits per heavy atom. The van der Waals surface area contributed by atoms with Gasteiger partial charge in [0, 0.05) is 0 Å². The van der Waals surface area contributed by atoms with Crippen molar-refractivity contribution in [3.63, 3.8) is 0 Å². The zero-order valence-electron chi connectivity index (χ0n) is 6.12. The third kappa shape index (κ3) is 1.08. The van der Waals surface area contributed by atoms with Crippen LogP contribution in [0.3, 0.4) is 0 Å². The average molecular weight is 218 g/mol. The van der Waals surface area contributed by atoms with Crippen molar-refractivity contribution in [2.45, 2.75) is 13.0 Å². The van der Waals surface area contributed by atoms with E-state index in [-0.39, 0.29) is 0 Å². The van der Waals surface area contributed by atoms with Crippen molar-refractivity contribution < 1.29 is 4.74 Å². The van der Waals surface area contributed by atoms with Crippen molar-refractivity contribution >= 4 is 15.9 Å². The molecule has 1 aliphatic heterocycles. The van der Waals surface area contributed by atoms with E-state index < -0.39 is 0 Å². The van der Waals surface area contributed by atoms with Gasteiger partial charge in [-0.2, -0.15) is 0 Å². The number of nitrogens with zero attached hydrogens (tertiary/aromatic N) is 3. The lowest BCUT2D eigenvalue weighted by Crippen LogP contribution is -2.31. The molecule has 2 heterocycles. The highest BCUT2D eigenvalue weighted by molar-refractivity contribution is 9.10. The zero-order valence-corrected chi connectivity index (χ0v) is 7.71. The molecule has 1 saturated heterocycles. The number of hydrogen-bond donors (Lipinski definition) is 0. The van der Waals surface area contributed by atoms with Gasteiger partial charge in [0.15, 0.2) is 0 Å². The van der Waals surface area contributed by atoms with E-state index in [1.807, 2.05) is 11.5 Å². The van der Waals surface area contributed by atoms with E-state index in [1.54, 1.807) is 0 Å². The molecule has 0 aliphatic carbocycles. The minimum atomic E-state index is 0.430. The van der Waals surface area contributed by atoms with E-state index in [4.69, 9.17) is 4.74 Å². The van der Waals surface area contributed by atoms with Gasteiger partial charge < -0.3 is 4.74 Å². The third-order valence-electron chi connectivity index (χ3n) is 1.81. The van der Waals surface area contributed by atoms with Gasteiger partial charge in [-0.05, 0) is 22.9 Å². The normalized spacial score (nSPS) is 18.4. The van der Waals surface area contributed by atoms with Crippen LogP contribution in [0.2, 0.25) is 0 Å². The molecule has 2 rings (SSSR count). The summed E-state index contributed by atoms with van der Waals surface area (Å²) in [4.78, 5) is 0. The maximum Gasteiger partial charge on any atom is 0.200 e. The van der Waals surface area contributed by atoms with Crippen LogP contribution < -0.4 is 0 Å². The van der Waals surface area contributed by atoms with Crippen molar-refractivity contribution in [1.29, 1.82) is 0 Å². The van der Waals surface area contributed by atoms with Gasteiger partial charge in [0.25, 0.3) is 0 Å². The molecule has 4 nitrogen and oxygen atoms in total. The second-order valence-corrected chi connectivity index (χ2v) is 3.29. The largest absolute Gasteiger partial charge is 0.377 e. The monoisotopic (exact) mass is 217 g/mol. The van der Waals surface area contributed by atoms with E-state index in [0.29, 0.717) is 6.04 Å². The highest BCUT2D eigenvalue weighted by Gasteiger charge is 2.24. The van der Waals surface area contributed by atoms with Crippen molar-refractivity contribution in [2.75, 3.05) is 13.2 Å². The Labute approximate surface area is 72.7 Å². The smallest absolute Gasteiger partial charge is 0.200 e. The van der Waals surface area contributed by atoms with Gasteiger partial charge >= 0.3 is 0 Å². The van der Waals surface area contributed by atoms with Crippen LogP contribution in [-0.4, -0.2) is 28.0 Å². The Bertz CT molecular complexity index is 249. The Morgan fingerprint density at radius 3 is 2.64 bits per heavy atom. The number of aromatic nitrogens is 3. The molecule has 1 fully saturated rings. The second kappa shape index (κ2) is 2.57. The lowest BCUT2D eigenvalue weighted by molar-refractivity contribution is -0.0252. The lowest BCUT2D eigenvalue weighted by atomic mass is 10.2. The van der Waals surface area contributed by atoms with Crippen LogP contribution in [0.25, 0.3) is 0 Å². The van der Waals surface area contributed by atoms with Crippen molar-refractivity contribution in [2.24, 2.45) is 0 Å². The second-order valence-electron chi connectivity index (χ2n) is 2.58. The number of ether oxygens (including phenoxy) is 1. The lowest BCUT2D eigenvalue weighted by Gasteiger charge is -2.28. The molecule has 0 unspecified atom stereocenters. The molecule has 1 aliphatic rings. The van der Waals surface area contributed by atoms with Gasteiger partial charge in [0.05, 0.1) is 19.3 Å². The molecule has 0 aromatic carbocycles. The topological polar surface area (TPSA) is 39.9 Å². The summed E-state index contributed by atoms with van der Waals surface area (Å²) >= 11 is 3.33. The van der Waals surface area contributed by atoms with E-state index in [0.717, 1.165) is 23.8 Å². The number of rotatable bonds is 1. The summed E-state index contributed by atoms with van der Waals surface area (Å²) in [6.45, 7) is 3.49. The standard InChI is InChI=1S/C6H8BrN3O/c1-4-8-9-6(7)10(4)5-2-11-3-5/h5H,2-3H2,1H3. The van der Waals surface area contributed by atoms with Gasteiger partial charge in [0.1, 0.15) is 5.82 Å². The molecule has 1 aromatic heterocycles. The Morgan fingerprint density at radius 1 is 1.55 bits per heavy atom. The first-order valence-electron chi connectivity index (χ1n) is 3.44. The van der Waals surface area contributed by atoms with Crippen LogP contribution >= 0.6 is 15.9 Å². The molecule has 0 saturated carbocycles. The van der Waals surface area contributed by atoms with Crippen LogP contribution in [0, 0.1) is 6.92 Å². The summed E-state index contributed by atoms with van der Waals surface area (Å²) in [6, 6.07) is 0.430. The van der Waals surface area contributed by atoms with Crippen LogP contribution in [-0.2, 0) is 4.74 Å². The molecule has 5 heteroatoms. The first kappa shape index (κ1) is 7.24. The van der Waals surface area contributed by atoms with Crippen molar-refractivity contribution in [3.8, 4) is 0 Å². The highest BCUT2D eigenvalue weighted by atomic mass is 79.9. The number of aryl methyl sites for hydroxylation is 1. The van der Waals surface area contributed by atoms with Crippen LogP contribution in [0.4, 0.5) is 0 Å². The fraction of sp³-hybridized carbons (Fsp3) is 0.667. The molecule has 0 atom stereocenters. The summed E-state index contributed by atoms with van der Waals surface area (Å²) < 4.78 is 7.91. The Balaban J connectivity index is 2.33. The Kier molecular flexibility index (Phi) is 1.69. The predicted molar refractivity (Wildman–Crippen MR) is 42.3 cm³/mol. The third-order valence-corrected chi connectivity index (χ3v) is 2.35. The fourth-order valence-electron chi connectivity index (χ4n) is 1.13. The first-order valence-corrected chi connectivity index (χ1v) is 4.23. The maximum absolute atomic E-state index is 5.07. The van der Waals surface area contributed by atoms with Crippen LogP contribution in [0.5, 0.6) is 0 Å². The molecule has 1 aromatic rings. The number of halogens is 1.